The van der Waals surface area contributed by atoms with Crippen molar-refractivity contribution >= 4 is 17.9 Å². The number of hydrogen-bond donors (Lipinski definition) is 0. The van der Waals surface area contributed by atoms with E-state index >= 15 is 0 Å². The monoisotopic (exact) mass is 779 g/mol. The Morgan fingerprint density at radius 1 is 0.375 bits per heavy atom. The topological polar surface area (TPSA) is 78.9 Å². The highest BCUT2D eigenvalue weighted by molar-refractivity contribution is 5.71. The van der Waals surface area contributed by atoms with E-state index in [0.29, 0.717) is 19.3 Å². The molecule has 0 fully saturated rings. The molecule has 0 saturated carbocycles. The Kier molecular flexibility index (Phi) is 41.6. The minimum Gasteiger partial charge on any atom is -0.462 e. The Bertz CT molecular complexity index is 1120. The van der Waals surface area contributed by atoms with Gasteiger partial charge in [0.1, 0.15) is 13.2 Å². The van der Waals surface area contributed by atoms with Gasteiger partial charge in [-0.3, -0.25) is 14.4 Å². The van der Waals surface area contributed by atoms with Crippen molar-refractivity contribution in [1.82, 2.24) is 0 Å². The first kappa shape index (κ1) is 52.6. The summed E-state index contributed by atoms with van der Waals surface area (Å²) in [5.41, 5.74) is 0. The van der Waals surface area contributed by atoms with Crippen molar-refractivity contribution in [3.8, 4) is 0 Å². The standard InChI is InChI=1S/C50H82O6/c1-4-7-10-13-16-19-22-25-28-31-34-37-40-43-49(52)55-46-47(45-54-48(51)42-39-36-33-30-27-24-21-18-15-12-9-6-3)56-50(53)44-41-38-35-32-29-26-23-20-17-14-11-8-5-2/h7-8,10-11,13-14,16-23,47H,4-6,9,12,15,24-46H2,1-3H3/b10-7-,11-8-,16-13-,17-14-,21-18-,22-19-,23-20-. The predicted molar refractivity (Wildman–Crippen MR) is 237 cm³/mol. The predicted octanol–water partition coefficient (Wildman–Crippen LogP) is 14.5. The summed E-state index contributed by atoms with van der Waals surface area (Å²) in [5.74, 6) is -0.956. The number of esters is 3. The summed E-state index contributed by atoms with van der Waals surface area (Å²) in [6.45, 7) is 6.28. The molecule has 0 aromatic carbocycles. The summed E-state index contributed by atoms with van der Waals surface area (Å²) in [4.78, 5) is 37.7. The number of ether oxygens (including phenoxy) is 3. The van der Waals surface area contributed by atoms with E-state index in [-0.39, 0.29) is 31.1 Å². The van der Waals surface area contributed by atoms with E-state index in [1.165, 1.54) is 32.1 Å². The van der Waals surface area contributed by atoms with Crippen molar-refractivity contribution in [1.29, 1.82) is 0 Å². The zero-order valence-corrected chi connectivity index (χ0v) is 36.1. The molecule has 0 bridgehead atoms. The molecule has 6 nitrogen and oxygen atoms in total. The van der Waals surface area contributed by atoms with Crippen LogP contribution in [0.15, 0.2) is 85.1 Å². The molecule has 1 atom stereocenters. The number of hydrogen-bond acceptors (Lipinski definition) is 6. The second-order valence-corrected chi connectivity index (χ2v) is 14.7. The van der Waals surface area contributed by atoms with Crippen molar-refractivity contribution in [3.63, 3.8) is 0 Å². The molecule has 0 rings (SSSR count). The molecular formula is C50H82O6. The molecule has 6 heteroatoms. The smallest absolute Gasteiger partial charge is 0.306 e. The maximum absolute atomic E-state index is 12.7. The van der Waals surface area contributed by atoms with Gasteiger partial charge in [-0.1, -0.05) is 176 Å². The highest BCUT2D eigenvalue weighted by atomic mass is 16.6. The van der Waals surface area contributed by atoms with Crippen molar-refractivity contribution in [2.45, 2.75) is 200 Å². The Balaban J connectivity index is 4.48. The molecule has 0 aliphatic heterocycles. The first-order valence-electron chi connectivity index (χ1n) is 22.7. The lowest BCUT2D eigenvalue weighted by molar-refractivity contribution is -0.167. The normalized spacial score (nSPS) is 12.8. The lowest BCUT2D eigenvalue weighted by Gasteiger charge is -2.18. The van der Waals surface area contributed by atoms with E-state index in [2.05, 4.69) is 99.8 Å². The molecule has 0 heterocycles. The first-order chi connectivity index (χ1) is 27.5. The van der Waals surface area contributed by atoms with Gasteiger partial charge >= 0.3 is 17.9 Å². The highest BCUT2D eigenvalue weighted by Crippen LogP contribution is 2.13. The lowest BCUT2D eigenvalue weighted by atomic mass is 10.1. The lowest BCUT2D eigenvalue weighted by Crippen LogP contribution is -2.30. The molecule has 0 N–H and O–H groups in total. The fourth-order valence-electron chi connectivity index (χ4n) is 5.85. The van der Waals surface area contributed by atoms with Gasteiger partial charge in [0.15, 0.2) is 6.10 Å². The van der Waals surface area contributed by atoms with Gasteiger partial charge in [-0.15, -0.1) is 0 Å². The van der Waals surface area contributed by atoms with E-state index in [9.17, 15) is 14.4 Å². The molecule has 0 aromatic heterocycles. The van der Waals surface area contributed by atoms with Crippen LogP contribution >= 0.6 is 0 Å². The maximum Gasteiger partial charge on any atom is 0.306 e. The number of carbonyl (C=O) groups excluding carboxylic acids is 3. The molecule has 0 saturated heterocycles. The Morgan fingerprint density at radius 3 is 1.12 bits per heavy atom. The van der Waals surface area contributed by atoms with Crippen molar-refractivity contribution in [2.75, 3.05) is 13.2 Å². The Labute approximate surface area is 344 Å². The van der Waals surface area contributed by atoms with Crippen molar-refractivity contribution in [2.24, 2.45) is 0 Å². The third-order valence-electron chi connectivity index (χ3n) is 9.24. The van der Waals surface area contributed by atoms with E-state index in [0.717, 1.165) is 122 Å². The van der Waals surface area contributed by atoms with Crippen molar-refractivity contribution in [3.05, 3.63) is 85.1 Å². The quantitative estimate of drug-likeness (QED) is 0.0203. The van der Waals surface area contributed by atoms with Gasteiger partial charge in [0, 0.05) is 19.3 Å². The van der Waals surface area contributed by atoms with Crippen LogP contribution in [0, 0.1) is 0 Å². The van der Waals surface area contributed by atoms with E-state index in [1.54, 1.807) is 0 Å². The summed E-state index contributed by atoms with van der Waals surface area (Å²) in [7, 11) is 0. The average Bonchev–Trinajstić information content (AvgIpc) is 3.19. The van der Waals surface area contributed by atoms with Crippen LogP contribution in [-0.4, -0.2) is 37.2 Å². The largest absolute Gasteiger partial charge is 0.462 e. The SMILES string of the molecule is CC\C=C/C=C\C=C/CCCCCCCC(=O)OCC(COC(=O)CCCCCCC/C=C\CCCCC)OC(=O)CCCCCCC\C=C/C=C\C=C/CC. The molecule has 0 aliphatic rings. The van der Waals surface area contributed by atoms with Crippen LogP contribution in [0.25, 0.3) is 0 Å². The second kappa shape index (κ2) is 44.3. The molecule has 0 aromatic rings. The minimum absolute atomic E-state index is 0.0975. The van der Waals surface area contributed by atoms with Crippen molar-refractivity contribution < 1.29 is 28.6 Å². The summed E-state index contributed by atoms with van der Waals surface area (Å²) in [5, 5.41) is 0. The van der Waals surface area contributed by atoms with Crippen LogP contribution in [0.1, 0.15) is 194 Å². The number of rotatable bonds is 39. The van der Waals surface area contributed by atoms with Gasteiger partial charge in [0.2, 0.25) is 0 Å². The Morgan fingerprint density at radius 2 is 0.714 bits per heavy atom. The maximum atomic E-state index is 12.7. The third-order valence-corrected chi connectivity index (χ3v) is 9.24. The van der Waals surface area contributed by atoms with Gasteiger partial charge < -0.3 is 14.2 Å². The highest BCUT2D eigenvalue weighted by Gasteiger charge is 2.19. The minimum atomic E-state index is -0.797. The van der Waals surface area contributed by atoms with Gasteiger partial charge in [0.25, 0.3) is 0 Å². The van der Waals surface area contributed by atoms with E-state index < -0.39 is 6.10 Å². The van der Waals surface area contributed by atoms with Crippen LogP contribution in [0.3, 0.4) is 0 Å². The van der Waals surface area contributed by atoms with Gasteiger partial charge in [-0.05, 0) is 83.5 Å². The average molecular weight is 779 g/mol. The number of unbranched alkanes of at least 4 members (excludes halogenated alkanes) is 18. The molecule has 0 amide bonds. The molecule has 0 radical (unpaired) electrons. The van der Waals surface area contributed by atoms with Gasteiger partial charge in [-0.25, -0.2) is 0 Å². The van der Waals surface area contributed by atoms with Gasteiger partial charge in [0.05, 0.1) is 0 Å². The molecular weight excluding hydrogens is 697 g/mol. The molecule has 318 valence electrons. The fraction of sp³-hybridized carbons (Fsp3) is 0.660. The zero-order valence-electron chi connectivity index (χ0n) is 36.1. The van der Waals surface area contributed by atoms with Crippen LogP contribution < -0.4 is 0 Å². The summed E-state index contributed by atoms with van der Waals surface area (Å²) >= 11 is 0. The summed E-state index contributed by atoms with van der Waals surface area (Å²) in [6.07, 6.45) is 55.6. The zero-order chi connectivity index (χ0) is 40.8. The van der Waals surface area contributed by atoms with E-state index in [4.69, 9.17) is 14.2 Å². The Hall–Kier alpha value is -3.41. The van der Waals surface area contributed by atoms with E-state index in [1.807, 2.05) is 6.08 Å². The molecule has 0 spiro atoms. The summed E-state index contributed by atoms with van der Waals surface area (Å²) < 4.78 is 16.7. The second-order valence-electron chi connectivity index (χ2n) is 14.7. The van der Waals surface area contributed by atoms with Gasteiger partial charge in [-0.2, -0.15) is 0 Å². The van der Waals surface area contributed by atoms with Crippen LogP contribution in [0.5, 0.6) is 0 Å². The molecule has 1 unspecified atom stereocenters. The molecule has 0 aliphatic carbocycles. The third kappa shape index (κ3) is 41.7. The molecule has 56 heavy (non-hydrogen) atoms. The summed E-state index contributed by atoms with van der Waals surface area (Å²) in [6, 6.07) is 0. The van der Waals surface area contributed by atoms with Crippen LogP contribution in [0.4, 0.5) is 0 Å². The van der Waals surface area contributed by atoms with Crippen LogP contribution in [-0.2, 0) is 28.6 Å². The van der Waals surface area contributed by atoms with Crippen LogP contribution in [0.2, 0.25) is 0 Å². The number of carbonyl (C=O) groups is 3. The fourth-order valence-corrected chi connectivity index (χ4v) is 5.85. The number of allylic oxidation sites excluding steroid dienone is 14. The first-order valence-corrected chi connectivity index (χ1v) is 22.7.